The van der Waals surface area contributed by atoms with Gasteiger partial charge < -0.3 is 25.5 Å². The molecular formula is C29H60O7. The number of carbonyl (C=O) groups is 2. The highest BCUT2D eigenvalue weighted by molar-refractivity contribution is 5.66. The van der Waals surface area contributed by atoms with Crippen molar-refractivity contribution in [2.24, 2.45) is 0 Å². The van der Waals surface area contributed by atoms with Gasteiger partial charge in [0.15, 0.2) is 0 Å². The fourth-order valence-electron chi connectivity index (χ4n) is 3.59. The van der Waals surface area contributed by atoms with Gasteiger partial charge in [0.2, 0.25) is 0 Å². The van der Waals surface area contributed by atoms with Gasteiger partial charge in [-0.05, 0) is 12.8 Å². The van der Waals surface area contributed by atoms with E-state index in [1.54, 1.807) is 0 Å². The Bertz CT molecular complexity index is 392. The van der Waals surface area contributed by atoms with Crippen molar-refractivity contribution in [1.82, 2.24) is 0 Å². The van der Waals surface area contributed by atoms with Crippen molar-refractivity contribution in [3.8, 4) is 0 Å². The van der Waals surface area contributed by atoms with Crippen molar-refractivity contribution in [3.05, 3.63) is 0 Å². The summed E-state index contributed by atoms with van der Waals surface area (Å²) in [6.45, 7) is 3.75. The minimum absolute atomic E-state index is 0.344. The van der Waals surface area contributed by atoms with E-state index in [1.165, 1.54) is 103 Å². The maximum Gasteiger partial charge on any atom is 0.303 e. The predicted molar refractivity (Wildman–Crippen MR) is 148 cm³/mol. The third kappa shape index (κ3) is 46.2. The third-order valence-electron chi connectivity index (χ3n) is 5.91. The van der Waals surface area contributed by atoms with E-state index in [4.69, 9.17) is 25.5 Å². The molecule has 5 N–H and O–H groups in total. The number of carboxylic acid groups (broad SMARTS) is 2. The number of rotatable bonds is 24. The molecule has 0 saturated carbocycles. The monoisotopic (exact) mass is 520 g/mol. The van der Waals surface area contributed by atoms with Gasteiger partial charge in [0.05, 0.1) is 13.2 Å². The van der Waals surface area contributed by atoms with Crippen LogP contribution >= 0.6 is 0 Å². The van der Waals surface area contributed by atoms with Crippen LogP contribution in [0.3, 0.4) is 0 Å². The topological polar surface area (TPSA) is 135 Å². The quantitative estimate of drug-likeness (QED) is 0.0857. The van der Waals surface area contributed by atoms with Crippen molar-refractivity contribution in [2.75, 3.05) is 13.2 Å². The Labute approximate surface area is 221 Å². The number of unbranched alkanes of at least 4 members (excludes halogenated alkanes) is 18. The van der Waals surface area contributed by atoms with Crippen molar-refractivity contribution < 1.29 is 35.1 Å². The Morgan fingerprint density at radius 1 is 0.472 bits per heavy atom. The van der Waals surface area contributed by atoms with E-state index < -0.39 is 18.0 Å². The first-order chi connectivity index (χ1) is 17.3. The zero-order chi connectivity index (χ0) is 27.7. The van der Waals surface area contributed by atoms with Crippen LogP contribution in [-0.4, -0.2) is 56.8 Å². The van der Waals surface area contributed by atoms with Crippen molar-refractivity contribution in [3.63, 3.8) is 0 Å². The van der Waals surface area contributed by atoms with Gasteiger partial charge in [0.25, 0.3) is 0 Å². The number of aliphatic hydroxyl groups is 3. The maximum atomic E-state index is 10.2. The molecule has 0 radical (unpaired) electrons. The molecule has 0 fully saturated rings. The highest BCUT2D eigenvalue weighted by atomic mass is 16.4. The lowest BCUT2D eigenvalue weighted by atomic mass is 10.1. The molecule has 0 spiro atoms. The van der Waals surface area contributed by atoms with Crippen LogP contribution in [0.4, 0.5) is 0 Å². The van der Waals surface area contributed by atoms with Gasteiger partial charge in [0.1, 0.15) is 6.10 Å². The first-order valence-corrected chi connectivity index (χ1v) is 14.7. The van der Waals surface area contributed by atoms with Crippen molar-refractivity contribution in [1.29, 1.82) is 0 Å². The summed E-state index contributed by atoms with van der Waals surface area (Å²) in [6.07, 6.45) is 24.9. The van der Waals surface area contributed by atoms with Gasteiger partial charge in [-0.2, -0.15) is 0 Å². The standard InChI is InChI=1S/2C13H26O2.C3H8O3/c2*1-2-3-4-5-6-7-8-9-10-11-12-13(14)15;4-1-3(6)2-5/h2*2-12H2,1H3,(H,14,15);3-6H,1-2H2. The Balaban J connectivity index is -0.000000495. The summed E-state index contributed by atoms with van der Waals surface area (Å²) in [4.78, 5) is 20.5. The highest BCUT2D eigenvalue weighted by Gasteiger charge is 1.97. The molecule has 36 heavy (non-hydrogen) atoms. The Morgan fingerprint density at radius 3 is 0.861 bits per heavy atom. The van der Waals surface area contributed by atoms with Crippen LogP contribution in [0.5, 0.6) is 0 Å². The second kappa shape index (κ2) is 36.0. The van der Waals surface area contributed by atoms with Gasteiger partial charge >= 0.3 is 11.9 Å². The Kier molecular flexibility index (Phi) is 39.3. The first-order valence-electron chi connectivity index (χ1n) is 14.7. The van der Waals surface area contributed by atoms with Gasteiger partial charge in [-0.1, -0.05) is 129 Å². The second-order valence-corrected chi connectivity index (χ2v) is 9.67. The Morgan fingerprint density at radius 2 is 0.694 bits per heavy atom. The fraction of sp³-hybridized carbons (Fsp3) is 0.931. The van der Waals surface area contributed by atoms with Crippen LogP contribution in [0.2, 0.25) is 0 Å². The molecule has 0 aliphatic carbocycles. The molecule has 0 heterocycles. The van der Waals surface area contributed by atoms with Crippen LogP contribution in [0.25, 0.3) is 0 Å². The van der Waals surface area contributed by atoms with Gasteiger partial charge in [-0.25, -0.2) is 0 Å². The molecule has 0 aromatic heterocycles. The minimum atomic E-state index is -0.954. The van der Waals surface area contributed by atoms with Crippen LogP contribution in [0, 0.1) is 0 Å². The molecule has 0 bridgehead atoms. The summed E-state index contributed by atoms with van der Waals surface area (Å²) in [6, 6.07) is 0. The molecule has 0 aromatic rings. The summed E-state index contributed by atoms with van der Waals surface area (Å²) in [5, 5.41) is 40.9. The lowest BCUT2D eigenvalue weighted by Crippen LogP contribution is -2.15. The van der Waals surface area contributed by atoms with Crippen LogP contribution in [0.1, 0.15) is 155 Å². The molecule has 0 atom stereocenters. The number of hydrogen-bond acceptors (Lipinski definition) is 5. The largest absolute Gasteiger partial charge is 0.481 e. The predicted octanol–water partition coefficient (Wildman–Crippen LogP) is 7.10. The summed E-state index contributed by atoms with van der Waals surface area (Å²) >= 11 is 0. The van der Waals surface area contributed by atoms with E-state index in [2.05, 4.69) is 13.8 Å². The highest BCUT2D eigenvalue weighted by Crippen LogP contribution is 2.12. The normalized spacial score (nSPS) is 10.4. The summed E-state index contributed by atoms with van der Waals surface area (Å²) in [5.41, 5.74) is 0. The van der Waals surface area contributed by atoms with E-state index >= 15 is 0 Å². The van der Waals surface area contributed by atoms with Crippen molar-refractivity contribution >= 4 is 11.9 Å². The van der Waals surface area contributed by atoms with E-state index in [1.807, 2.05) is 0 Å². The number of aliphatic hydroxyl groups excluding tert-OH is 3. The number of carboxylic acids is 2. The average molecular weight is 521 g/mol. The second-order valence-electron chi connectivity index (χ2n) is 9.67. The third-order valence-corrected chi connectivity index (χ3v) is 5.91. The average Bonchev–Trinajstić information content (AvgIpc) is 2.86. The molecule has 7 nitrogen and oxygen atoms in total. The van der Waals surface area contributed by atoms with E-state index in [9.17, 15) is 9.59 Å². The molecule has 0 aromatic carbocycles. The fourth-order valence-corrected chi connectivity index (χ4v) is 3.59. The molecule has 218 valence electrons. The SMILES string of the molecule is CCCCCCCCCCCCC(=O)O.CCCCCCCCCCCCC(=O)O.OCC(O)CO. The minimum Gasteiger partial charge on any atom is -0.481 e. The lowest BCUT2D eigenvalue weighted by molar-refractivity contribution is -0.138. The van der Waals surface area contributed by atoms with E-state index in [0.717, 1.165) is 25.7 Å². The van der Waals surface area contributed by atoms with Gasteiger partial charge in [0, 0.05) is 12.8 Å². The van der Waals surface area contributed by atoms with Gasteiger partial charge in [-0.15, -0.1) is 0 Å². The molecule has 0 aliphatic heterocycles. The molecule has 0 rings (SSSR count). The van der Waals surface area contributed by atoms with Gasteiger partial charge in [-0.3, -0.25) is 9.59 Å². The molecule has 0 aliphatic rings. The van der Waals surface area contributed by atoms with E-state index in [0.29, 0.717) is 12.8 Å². The zero-order valence-corrected chi connectivity index (χ0v) is 23.6. The maximum absolute atomic E-state index is 10.2. The summed E-state index contributed by atoms with van der Waals surface area (Å²) < 4.78 is 0. The number of aliphatic carboxylic acids is 2. The zero-order valence-electron chi connectivity index (χ0n) is 23.6. The molecule has 0 unspecified atom stereocenters. The molecular weight excluding hydrogens is 460 g/mol. The van der Waals surface area contributed by atoms with Crippen LogP contribution in [-0.2, 0) is 9.59 Å². The molecule has 0 amide bonds. The lowest BCUT2D eigenvalue weighted by Gasteiger charge is -2.01. The number of hydrogen-bond donors (Lipinski definition) is 5. The van der Waals surface area contributed by atoms with Crippen molar-refractivity contribution in [2.45, 2.75) is 161 Å². The summed E-state index contributed by atoms with van der Waals surface area (Å²) in [7, 11) is 0. The Hall–Kier alpha value is -1.18. The molecule has 0 saturated heterocycles. The summed E-state index contributed by atoms with van der Waals surface area (Å²) in [5.74, 6) is -1.32. The van der Waals surface area contributed by atoms with Crippen LogP contribution < -0.4 is 0 Å². The molecule has 7 heteroatoms. The van der Waals surface area contributed by atoms with E-state index in [-0.39, 0.29) is 13.2 Å². The smallest absolute Gasteiger partial charge is 0.303 e. The first kappa shape index (κ1) is 39.3. The van der Waals surface area contributed by atoms with Crippen LogP contribution in [0.15, 0.2) is 0 Å².